The highest BCUT2D eigenvalue weighted by atomic mass is 35.5. The summed E-state index contributed by atoms with van der Waals surface area (Å²) in [7, 11) is 0. The molecule has 0 heterocycles. The first kappa shape index (κ1) is 20.9. The van der Waals surface area contributed by atoms with Gasteiger partial charge in [-0.2, -0.15) is 0 Å². The van der Waals surface area contributed by atoms with Gasteiger partial charge in [0, 0.05) is 9.92 Å². The fourth-order valence-corrected chi connectivity index (χ4v) is 3.04. The van der Waals surface area contributed by atoms with Crippen molar-refractivity contribution in [3.05, 3.63) is 58.9 Å². The van der Waals surface area contributed by atoms with E-state index < -0.39 is 23.8 Å². The summed E-state index contributed by atoms with van der Waals surface area (Å²) in [5.74, 6) is -1.89. The second-order valence-corrected chi connectivity index (χ2v) is 7.10. The van der Waals surface area contributed by atoms with Crippen LogP contribution in [0, 0.1) is 5.82 Å². The molecule has 0 aromatic heterocycles. The van der Waals surface area contributed by atoms with Gasteiger partial charge in [-0.1, -0.05) is 23.7 Å². The number of hydrogen-bond donors (Lipinski definition) is 1. The van der Waals surface area contributed by atoms with Crippen LogP contribution in [0.4, 0.5) is 10.1 Å². The van der Waals surface area contributed by atoms with Crippen LogP contribution < -0.4 is 5.32 Å². The van der Waals surface area contributed by atoms with Crippen molar-refractivity contribution in [2.24, 2.45) is 0 Å². The van der Waals surface area contributed by atoms with E-state index in [1.807, 2.05) is 0 Å². The van der Waals surface area contributed by atoms with Gasteiger partial charge in [-0.3, -0.25) is 9.59 Å². The molecule has 0 aliphatic carbocycles. The summed E-state index contributed by atoms with van der Waals surface area (Å²) in [6.07, 6.45) is -1.15. The Morgan fingerprint density at radius 2 is 1.93 bits per heavy atom. The molecule has 0 saturated carbocycles. The normalized spacial score (nSPS) is 11.6. The largest absolute Gasteiger partial charge is 0.449 e. The molecule has 2 aromatic carbocycles. The van der Waals surface area contributed by atoms with Crippen molar-refractivity contribution in [3.8, 4) is 0 Å². The van der Waals surface area contributed by atoms with Crippen molar-refractivity contribution in [3.63, 3.8) is 0 Å². The maximum Gasteiger partial charge on any atom is 0.340 e. The summed E-state index contributed by atoms with van der Waals surface area (Å²) in [5.41, 5.74) is 0.186. The minimum Gasteiger partial charge on any atom is -0.449 e. The quantitative estimate of drug-likeness (QED) is 0.544. The summed E-state index contributed by atoms with van der Waals surface area (Å²) in [6.45, 7) is 2.84. The second-order valence-electron chi connectivity index (χ2n) is 5.65. The van der Waals surface area contributed by atoms with E-state index in [0.29, 0.717) is 4.90 Å². The maximum absolute atomic E-state index is 13.8. The average molecular weight is 410 g/mol. The Labute approximate surface area is 165 Å². The fourth-order valence-electron chi connectivity index (χ4n) is 2.04. The van der Waals surface area contributed by atoms with E-state index in [0.717, 1.165) is 6.07 Å². The van der Waals surface area contributed by atoms with E-state index in [1.165, 1.54) is 37.7 Å². The van der Waals surface area contributed by atoms with Gasteiger partial charge < -0.3 is 10.1 Å². The molecule has 1 atom stereocenters. The number of carbonyl (C=O) groups excluding carboxylic acids is 3. The minimum atomic E-state index is -1.15. The van der Waals surface area contributed by atoms with Crippen LogP contribution >= 0.6 is 23.4 Å². The van der Waals surface area contributed by atoms with Crippen LogP contribution in [0.3, 0.4) is 0 Å². The van der Waals surface area contributed by atoms with Gasteiger partial charge in [0.05, 0.1) is 17.0 Å². The SMILES string of the molecule is CC(=O)CSc1ccccc1C(=O)O[C@H](C)C(=O)Nc1ccc(Cl)cc1F. The van der Waals surface area contributed by atoms with Crippen molar-refractivity contribution < 1.29 is 23.5 Å². The summed E-state index contributed by atoms with van der Waals surface area (Å²) >= 11 is 6.88. The zero-order valence-electron chi connectivity index (χ0n) is 14.6. The van der Waals surface area contributed by atoms with Crippen LogP contribution in [0.15, 0.2) is 47.4 Å². The van der Waals surface area contributed by atoms with E-state index in [-0.39, 0.29) is 27.8 Å². The Kier molecular flexibility index (Phi) is 7.38. The molecule has 2 rings (SSSR count). The number of ether oxygens (including phenoxy) is 1. The van der Waals surface area contributed by atoms with Crippen molar-refractivity contribution >= 4 is 46.7 Å². The Bertz CT molecular complexity index is 875. The number of amides is 1. The molecule has 2 aromatic rings. The van der Waals surface area contributed by atoms with Gasteiger partial charge in [-0.15, -0.1) is 11.8 Å². The van der Waals surface area contributed by atoms with Crippen molar-refractivity contribution in [2.75, 3.05) is 11.1 Å². The molecule has 8 heteroatoms. The molecule has 0 aliphatic rings. The number of carbonyl (C=O) groups is 3. The monoisotopic (exact) mass is 409 g/mol. The fraction of sp³-hybridized carbons (Fsp3) is 0.211. The first-order valence-corrected chi connectivity index (χ1v) is 9.32. The van der Waals surface area contributed by atoms with Crippen LogP contribution in [0.5, 0.6) is 0 Å². The molecule has 5 nitrogen and oxygen atoms in total. The van der Waals surface area contributed by atoms with Crippen molar-refractivity contribution in [1.82, 2.24) is 0 Å². The topological polar surface area (TPSA) is 72.5 Å². The summed E-state index contributed by atoms with van der Waals surface area (Å²) in [6, 6.07) is 10.4. The Hall–Kier alpha value is -2.38. The van der Waals surface area contributed by atoms with Gasteiger partial charge in [0.2, 0.25) is 0 Å². The molecule has 0 fully saturated rings. The highest BCUT2D eigenvalue weighted by molar-refractivity contribution is 8.00. The van der Waals surface area contributed by atoms with Crippen LogP contribution in [-0.2, 0) is 14.3 Å². The van der Waals surface area contributed by atoms with Crippen molar-refractivity contribution in [2.45, 2.75) is 24.8 Å². The zero-order valence-corrected chi connectivity index (χ0v) is 16.2. The molecule has 27 heavy (non-hydrogen) atoms. The number of benzene rings is 2. The number of halogens is 2. The molecule has 1 amide bonds. The number of anilines is 1. The van der Waals surface area contributed by atoms with Crippen LogP contribution in [-0.4, -0.2) is 29.5 Å². The molecule has 1 N–H and O–H groups in total. The lowest BCUT2D eigenvalue weighted by Gasteiger charge is -2.15. The van der Waals surface area contributed by atoms with Gasteiger partial charge >= 0.3 is 5.97 Å². The Balaban J connectivity index is 2.04. The van der Waals surface area contributed by atoms with Crippen LogP contribution in [0.25, 0.3) is 0 Å². The number of hydrogen-bond acceptors (Lipinski definition) is 5. The van der Waals surface area contributed by atoms with Gasteiger partial charge in [-0.05, 0) is 44.2 Å². The van der Waals surface area contributed by atoms with E-state index in [1.54, 1.807) is 24.3 Å². The third-order valence-electron chi connectivity index (χ3n) is 3.38. The molecule has 0 aliphatic heterocycles. The standard InChI is InChI=1S/C19H17ClFNO4S/c1-11(23)10-27-17-6-4-3-5-14(17)19(25)26-12(2)18(24)22-16-8-7-13(20)9-15(16)21/h3-9,12H,10H2,1-2H3,(H,22,24)/t12-/m1/s1. The first-order chi connectivity index (χ1) is 12.8. The van der Waals surface area contributed by atoms with Crippen LogP contribution in [0.1, 0.15) is 24.2 Å². The summed E-state index contributed by atoms with van der Waals surface area (Å²) in [4.78, 5) is 36.3. The number of rotatable bonds is 7. The molecule has 0 bridgehead atoms. The number of ketones is 1. The van der Waals surface area contributed by atoms with Gasteiger partial charge in [-0.25, -0.2) is 9.18 Å². The van der Waals surface area contributed by atoms with E-state index >= 15 is 0 Å². The third kappa shape index (κ3) is 6.08. The maximum atomic E-state index is 13.8. The van der Waals surface area contributed by atoms with Crippen LogP contribution in [0.2, 0.25) is 5.02 Å². The second kappa shape index (κ2) is 9.53. The van der Waals surface area contributed by atoms with Gasteiger partial charge in [0.15, 0.2) is 6.10 Å². The average Bonchev–Trinajstić information content (AvgIpc) is 2.62. The van der Waals surface area contributed by atoms with Gasteiger partial charge in [0.25, 0.3) is 5.91 Å². The molecular formula is C19H17ClFNO4S. The smallest absolute Gasteiger partial charge is 0.340 e. The third-order valence-corrected chi connectivity index (χ3v) is 4.83. The molecular weight excluding hydrogens is 393 g/mol. The molecule has 0 spiro atoms. The summed E-state index contributed by atoms with van der Waals surface area (Å²) in [5, 5.41) is 2.55. The number of Topliss-reactive ketones (excluding diaryl/α,β-unsaturated/α-hetero) is 1. The summed E-state index contributed by atoms with van der Waals surface area (Å²) < 4.78 is 19.0. The molecule has 0 unspecified atom stereocenters. The lowest BCUT2D eigenvalue weighted by Crippen LogP contribution is -2.30. The lowest BCUT2D eigenvalue weighted by molar-refractivity contribution is -0.123. The van der Waals surface area contributed by atoms with E-state index in [2.05, 4.69) is 5.32 Å². The number of esters is 1. The molecule has 0 radical (unpaired) electrons. The predicted octanol–water partition coefficient (Wildman–Crippen LogP) is 4.34. The van der Waals surface area contributed by atoms with Crippen molar-refractivity contribution in [1.29, 1.82) is 0 Å². The predicted molar refractivity (Wildman–Crippen MR) is 103 cm³/mol. The van der Waals surface area contributed by atoms with E-state index in [4.69, 9.17) is 16.3 Å². The highest BCUT2D eigenvalue weighted by Gasteiger charge is 2.22. The Morgan fingerprint density at radius 1 is 1.22 bits per heavy atom. The zero-order chi connectivity index (χ0) is 20.0. The molecule has 0 saturated heterocycles. The molecule has 142 valence electrons. The number of nitrogens with one attached hydrogen (secondary N) is 1. The highest BCUT2D eigenvalue weighted by Crippen LogP contribution is 2.24. The van der Waals surface area contributed by atoms with E-state index in [9.17, 15) is 18.8 Å². The van der Waals surface area contributed by atoms with Gasteiger partial charge in [0.1, 0.15) is 11.6 Å². The minimum absolute atomic E-state index is 0.0269. The Morgan fingerprint density at radius 3 is 2.59 bits per heavy atom. The number of thioether (sulfide) groups is 1. The first-order valence-electron chi connectivity index (χ1n) is 7.96. The lowest BCUT2D eigenvalue weighted by atomic mass is 10.2.